The van der Waals surface area contributed by atoms with E-state index in [2.05, 4.69) is 14.9 Å². The van der Waals surface area contributed by atoms with Crippen LogP contribution in [0.4, 0.5) is 0 Å². The fraction of sp³-hybridized carbons (Fsp3) is 0.500. The lowest BCUT2D eigenvalue weighted by atomic mass is 10.8. The Bertz CT molecular complexity index is 170. The predicted molar refractivity (Wildman–Crippen MR) is 30.4 cm³/mol. The van der Waals surface area contributed by atoms with Crippen molar-refractivity contribution in [3.8, 4) is 6.08 Å². The van der Waals surface area contributed by atoms with E-state index in [-0.39, 0.29) is 12.0 Å². The van der Waals surface area contributed by atoms with E-state index >= 15 is 0 Å². The first kappa shape index (κ1) is 6.35. The molecule has 5 heteroatoms. The average Bonchev–Trinajstić information content (AvgIpc) is 2.34. The SMILES string of the molecule is COc1nnc(CCl)o1. The number of aromatic nitrogens is 2. The van der Waals surface area contributed by atoms with E-state index in [0.29, 0.717) is 5.89 Å². The van der Waals surface area contributed by atoms with Gasteiger partial charge >= 0.3 is 6.08 Å². The van der Waals surface area contributed by atoms with Gasteiger partial charge in [0.15, 0.2) is 0 Å². The van der Waals surface area contributed by atoms with E-state index in [0.717, 1.165) is 0 Å². The van der Waals surface area contributed by atoms with Crippen LogP contribution in [-0.4, -0.2) is 17.3 Å². The zero-order valence-corrected chi connectivity index (χ0v) is 5.55. The van der Waals surface area contributed by atoms with E-state index < -0.39 is 0 Å². The second-order valence-corrected chi connectivity index (χ2v) is 1.57. The smallest absolute Gasteiger partial charge is 0.414 e. The Labute approximate surface area is 56.8 Å². The van der Waals surface area contributed by atoms with Crippen molar-refractivity contribution in [3.63, 3.8) is 0 Å². The molecule has 0 fully saturated rings. The van der Waals surface area contributed by atoms with Crippen LogP contribution < -0.4 is 4.74 Å². The van der Waals surface area contributed by atoms with Gasteiger partial charge in [-0.05, 0) is 0 Å². The van der Waals surface area contributed by atoms with Crippen LogP contribution in [0.5, 0.6) is 6.08 Å². The fourth-order valence-electron chi connectivity index (χ4n) is 0.375. The summed E-state index contributed by atoms with van der Waals surface area (Å²) in [4.78, 5) is 0. The maximum absolute atomic E-state index is 5.35. The lowest BCUT2D eigenvalue weighted by Gasteiger charge is -1.83. The normalized spacial score (nSPS) is 9.56. The van der Waals surface area contributed by atoms with Gasteiger partial charge in [0.1, 0.15) is 5.88 Å². The van der Waals surface area contributed by atoms with Crippen LogP contribution in [0.3, 0.4) is 0 Å². The molecular weight excluding hydrogens is 144 g/mol. The van der Waals surface area contributed by atoms with Crippen LogP contribution in [0.25, 0.3) is 0 Å². The molecule has 0 atom stereocenters. The highest BCUT2D eigenvalue weighted by molar-refractivity contribution is 6.16. The number of halogens is 1. The number of alkyl halides is 1. The Morgan fingerprint density at radius 2 is 2.44 bits per heavy atom. The zero-order chi connectivity index (χ0) is 6.69. The molecule has 4 nitrogen and oxygen atoms in total. The number of hydrogen-bond acceptors (Lipinski definition) is 4. The van der Waals surface area contributed by atoms with Crippen LogP contribution in [0.1, 0.15) is 5.89 Å². The van der Waals surface area contributed by atoms with Gasteiger partial charge in [-0.1, -0.05) is 5.10 Å². The van der Waals surface area contributed by atoms with E-state index in [4.69, 9.17) is 16.0 Å². The van der Waals surface area contributed by atoms with Crippen molar-refractivity contribution >= 4 is 11.6 Å². The topological polar surface area (TPSA) is 48.2 Å². The van der Waals surface area contributed by atoms with Crippen LogP contribution in [0, 0.1) is 0 Å². The number of rotatable bonds is 2. The Kier molecular flexibility index (Phi) is 1.89. The number of methoxy groups -OCH3 is 1. The molecular formula is C4H5ClN2O2. The summed E-state index contributed by atoms with van der Waals surface area (Å²) in [6, 6.07) is 0. The molecule has 1 rings (SSSR count). The molecule has 9 heavy (non-hydrogen) atoms. The number of ether oxygens (including phenoxy) is 1. The number of hydrogen-bond donors (Lipinski definition) is 0. The van der Waals surface area contributed by atoms with E-state index in [1.54, 1.807) is 0 Å². The van der Waals surface area contributed by atoms with E-state index in [9.17, 15) is 0 Å². The second kappa shape index (κ2) is 2.68. The lowest BCUT2D eigenvalue weighted by Crippen LogP contribution is -1.79. The maximum Gasteiger partial charge on any atom is 0.414 e. The summed E-state index contributed by atoms with van der Waals surface area (Å²) in [6.07, 6.45) is 0.144. The van der Waals surface area contributed by atoms with Gasteiger partial charge in [0.25, 0.3) is 0 Å². The molecule has 0 unspecified atom stereocenters. The molecule has 0 aliphatic heterocycles. The summed E-state index contributed by atoms with van der Waals surface area (Å²) in [6.45, 7) is 0. The van der Waals surface area contributed by atoms with Gasteiger partial charge in [0.2, 0.25) is 5.89 Å². The molecule has 0 N–H and O–H groups in total. The van der Waals surface area contributed by atoms with Crippen molar-refractivity contribution in [2.45, 2.75) is 5.88 Å². The summed E-state index contributed by atoms with van der Waals surface area (Å²) in [5.41, 5.74) is 0. The zero-order valence-electron chi connectivity index (χ0n) is 4.80. The van der Waals surface area contributed by atoms with Gasteiger partial charge in [-0.15, -0.1) is 16.7 Å². The summed E-state index contributed by atoms with van der Waals surface area (Å²) in [7, 11) is 1.45. The standard InChI is InChI=1S/C4H5ClN2O2/c1-8-4-7-6-3(2-5)9-4/h2H2,1H3. The van der Waals surface area contributed by atoms with Crippen molar-refractivity contribution < 1.29 is 9.15 Å². The summed E-state index contributed by atoms with van der Waals surface area (Å²) in [5.74, 6) is 0.588. The van der Waals surface area contributed by atoms with Gasteiger partial charge in [-0.2, -0.15) is 0 Å². The third kappa shape index (κ3) is 1.32. The molecule has 0 spiro atoms. The molecule has 0 saturated heterocycles. The quantitative estimate of drug-likeness (QED) is 0.583. The molecule has 1 aromatic rings. The fourth-order valence-corrected chi connectivity index (χ4v) is 0.483. The third-order valence-corrected chi connectivity index (χ3v) is 0.966. The second-order valence-electron chi connectivity index (χ2n) is 1.30. The van der Waals surface area contributed by atoms with Gasteiger partial charge < -0.3 is 9.15 Å². The van der Waals surface area contributed by atoms with Crippen molar-refractivity contribution in [3.05, 3.63) is 5.89 Å². The van der Waals surface area contributed by atoms with Crippen LogP contribution in [-0.2, 0) is 5.88 Å². The highest BCUT2D eigenvalue weighted by Gasteiger charge is 2.01. The van der Waals surface area contributed by atoms with Crippen LogP contribution >= 0.6 is 11.6 Å². The lowest BCUT2D eigenvalue weighted by molar-refractivity contribution is 0.283. The molecule has 0 saturated carbocycles. The number of nitrogens with zero attached hydrogens (tertiary/aromatic N) is 2. The molecule has 1 heterocycles. The molecule has 0 bridgehead atoms. The minimum absolute atomic E-state index is 0.144. The molecule has 50 valence electrons. The van der Waals surface area contributed by atoms with E-state index in [1.807, 2.05) is 0 Å². The van der Waals surface area contributed by atoms with Crippen molar-refractivity contribution in [2.75, 3.05) is 7.11 Å². The predicted octanol–water partition coefficient (Wildman–Crippen LogP) is 0.817. The maximum atomic E-state index is 5.35. The Hall–Kier alpha value is -0.770. The van der Waals surface area contributed by atoms with Crippen LogP contribution in [0.15, 0.2) is 4.42 Å². The molecule has 0 aliphatic carbocycles. The van der Waals surface area contributed by atoms with Gasteiger partial charge in [-0.25, -0.2) is 0 Å². The monoisotopic (exact) mass is 148 g/mol. The average molecular weight is 149 g/mol. The Morgan fingerprint density at radius 1 is 1.67 bits per heavy atom. The van der Waals surface area contributed by atoms with Gasteiger partial charge in [0.05, 0.1) is 7.11 Å². The molecule has 1 aromatic heterocycles. The molecule has 0 amide bonds. The highest BCUT2D eigenvalue weighted by atomic mass is 35.5. The Morgan fingerprint density at radius 3 is 2.78 bits per heavy atom. The summed E-state index contributed by atoms with van der Waals surface area (Å²) < 4.78 is 9.40. The molecule has 0 aromatic carbocycles. The molecule has 0 radical (unpaired) electrons. The summed E-state index contributed by atoms with van der Waals surface area (Å²) >= 11 is 5.35. The first-order valence-electron chi connectivity index (χ1n) is 2.29. The van der Waals surface area contributed by atoms with Crippen molar-refractivity contribution in [1.29, 1.82) is 0 Å². The minimum atomic E-state index is 0.144. The first-order valence-corrected chi connectivity index (χ1v) is 2.82. The van der Waals surface area contributed by atoms with Crippen LogP contribution in [0.2, 0.25) is 0 Å². The van der Waals surface area contributed by atoms with E-state index in [1.165, 1.54) is 7.11 Å². The Balaban J connectivity index is 2.74. The first-order chi connectivity index (χ1) is 4.36. The van der Waals surface area contributed by atoms with Gasteiger partial charge in [-0.3, -0.25) is 0 Å². The third-order valence-electron chi connectivity index (χ3n) is 0.737. The van der Waals surface area contributed by atoms with Gasteiger partial charge in [0, 0.05) is 0 Å². The summed E-state index contributed by atoms with van der Waals surface area (Å²) in [5, 5.41) is 7.01. The minimum Gasteiger partial charge on any atom is -0.452 e. The largest absolute Gasteiger partial charge is 0.452 e. The molecule has 0 aliphatic rings. The van der Waals surface area contributed by atoms with Crippen molar-refractivity contribution in [2.24, 2.45) is 0 Å². The highest BCUT2D eigenvalue weighted by Crippen LogP contribution is 2.07. The van der Waals surface area contributed by atoms with Crippen molar-refractivity contribution in [1.82, 2.24) is 10.2 Å².